The molecule has 5 rings (SSSR count). The molecule has 1 aromatic heterocycles. The lowest BCUT2D eigenvalue weighted by Gasteiger charge is -2.32. The molecule has 0 saturated carbocycles. The molecule has 3 amide bonds. The average molecular weight is 633 g/mol. The summed E-state index contributed by atoms with van der Waals surface area (Å²) in [6, 6.07) is 10.2. The minimum absolute atomic E-state index is 0.0199. The van der Waals surface area contributed by atoms with Crippen LogP contribution in [0.1, 0.15) is 76.7 Å². The van der Waals surface area contributed by atoms with Crippen LogP contribution in [-0.4, -0.2) is 40.1 Å². The fourth-order valence-electron chi connectivity index (χ4n) is 6.20. The number of aromatic amines is 1. The molecule has 0 unspecified atom stereocenters. The van der Waals surface area contributed by atoms with Crippen LogP contribution in [0.2, 0.25) is 0 Å². The number of amides is 3. The Hall–Kier alpha value is -4.77. The van der Waals surface area contributed by atoms with Gasteiger partial charge in [0.15, 0.2) is 0 Å². The number of rotatable bonds is 9. The van der Waals surface area contributed by atoms with Gasteiger partial charge in [0.1, 0.15) is 18.2 Å². The molecule has 1 aliphatic carbocycles. The summed E-state index contributed by atoms with van der Waals surface area (Å²) >= 11 is 0. The number of anilines is 1. The molecular formula is C35H38F2N4O5. The largest absolute Gasteiger partial charge is 0.445 e. The summed E-state index contributed by atoms with van der Waals surface area (Å²) in [6.07, 6.45) is 1.70. The van der Waals surface area contributed by atoms with Gasteiger partial charge in [-0.1, -0.05) is 25.1 Å². The SMILES string of the molecule is CCCNC(=O)OCc1c(F)cccc1C(=O)Nc1cccc(-c2c(F)cc(C(N)=O)c3[nH]c4c(c23)CC[C@H](C(C)(C)O)C4)c1C. The number of aryl methyl sites for hydroxylation is 1. The molecule has 0 bridgehead atoms. The molecule has 9 nitrogen and oxygen atoms in total. The van der Waals surface area contributed by atoms with Crippen molar-refractivity contribution in [2.24, 2.45) is 11.7 Å². The fourth-order valence-corrected chi connectivity index (χ4v) is 6.20. The molecule has 1 atom stereocenters. The number of nitrogens with one attached hydrogen (secondary N) is 3. The van der Waals surface area contributed by atoms with Crippen molar-refractivity contribution in [3.8, 4) is 11.1 Å². The Morgan fingerprint density at radius 1 is 1.11 bits per heavy atom. The summed E-state index contributed by atoms with van der Waals surface area (Å²) in [4.78, 5) is 41.2. The highest BCUT2D eigenvalue weighted by molar-refractivity contribution is 6.12. The highest BCUT2D eigenvalue weighted by Crippen LogP contribution is 2.43. The molecule has 46 heavy (non-hydrogen) atoms. The zero-order valence-electron chi connectivity index (χ0n) is 26.3. The first kappa shape index (κ1) is 32.6. The first-order chi connectivity index (χ1) is 21.8. The van der Waals surface area contributed by atoms with Crippen molar-refractivity contribution in [1.82, 2.24) is 10.3 Å². The zero-order chi connectivity index (χ0) is 33.3. The topological polar surface area (TPSA) is 147 Å². The molecule has 1 aliphatic rings. The molecule has 1 heterocycles. The van der Waals surface area contributed by atoms with Crippen LogP contribution in [0.25, 0.3) is 22.0 Å². The Labute approximate surface area is 265 Å². The lowest BCUT2D eigenvalue weighted by Crippen LogP contribution is -2.34. The predicted octanol–water partition coefficient (Wildman–Crippen LogP) is 6.28. The third kappa shape index (κ3) is 6.32. The molecule has 0 aliphatic heterocycles. The van der Waals surface area contributed by atoms with Gasteiger partial charge >= 0.3 is 6.09 Å². The first-order valence-corrected chi connectivity index (χ1v) is 15.3. The molecule has 6 N–H and O–H groups in total. The Bertz CT molecular complexity index is 1840. The number of benzene rings is 3. The fraction of sp³-hybridized carbons (Fsp3) is 0.343. The van der Waals surface area contributed by atoms with E-state index in [1.807, 2.05) is 6.92 Å². The Morgan fingerprint density at radius 3 is 2.54 bits per heavy atom. The smallest absolute Gasteiger partial charge is 0.407 e. The van der Waals surface area contributed by atoms with E-state index in [2.05, 4.69) is 15.6 Å². The van der Waals surface area contributed by atoms with E-state index in [0.29, 0.717) is 59.9 Å². The number of fused-ring (bicyclic) bond motifs is 3. The van der Waals surface area contributed by atoms with E-state index >= 15 is 4.39 Å². The molecule has 3 aromatic carbocycles. The molecule has 0 saturated heterocycles. The highest BCUT2D eigenvalue weighted by atomic mass is 19.1. The second kappa shape index (κ2) is 12.9. The number of ether oxygens (including phenoxy) is 1. The predicted molar refractivity (Wildman–Crippen MR) is 172 cm³/mol. The minimum atomic E-state index is -0.923. The highest BCUT2D eigenvalue weighted by Gasteiger charge is 2.34. The van der Waals surface area contributed by atoms with Gasteiger partial charge in [0, 0.05) is 40.0 Å². The summed E-state index contributed by atoms with van der Waals surface area (Å²) in [5.41, 5.74) is 8.39. The van der Waals surface area contributed by atoms with E-state index in [1.54, 1.807) is 39.0 Å². The van der Waals surface area contributed by atoms with Crippen molar-refractivity contribution < 1.29 is 33.0 Å². The maximum absolute atomic E-state index is 16.1. The first-order valence-electron chi connectivity index (χ1n) is 15.3. The number of aliphatic hydroxyl groups is 1. The molecule has 4 aromatic rings. The summed E-state index contributed by atoms with van der Waals surface area (Å²) in [5, 5.41) is 16.6. The average Bonchev–Trinajstić information content (AvgIpc) is 3.38. The Balaban J connectivity index is 1.54. The van der Waals surface area contributed by atoms with Gasteiger partial charge < -0.3 is 31.2 Å². The lowest BCUT2D eigenvalue weighted by atomic mass is 9.77. The summed E-state index contributed by atoms with van der Waals surface area (Å²) in [6.45, 7) is 7.08. The van der Waals surface area contributed by atoms with Crippen molar-refractivity contribution in [2.75, 3.05) is 11.9 Å². The van der Waals surface area contributed by atoms with E-state index in [4.69, 9.17) is 10.5 Å². The second-order valence-corrected chi connectivity index (χ2v) is 12.3. The van der Waals surface area contributed by atoms with Gasteiger partial charge in [-0.3, -0.25) is 9.59 Å². The number of hydrogen-bond acceptors (Lipinski definition) is 5. The molecule has 0 spiro atoms. The van der Waals surface area contributed by atoms with Crippen LogP contribution in [0.4, 0.5) is 19.3 Å². The van der Waals surface area contributed by atoms with Crippen molar-refractivity contribution >= 4 is 34.5 Å². The third-order valence-corrected chi connectivity index (χ3v) is 8.76. The van der Waals surface area contributed by atoms with Gasteiger partial charge in [-0.2, -0.15) is 0 Å². The third-order valence-electron chi connectivity index (χ3n) is 8.76. The lowest BCUT2D eigenvalue weighted by molar-refractivity contribution is 0.0107. The van der Waals surface area contributed by atoms with Crippen LogP contribution in [0.3, 0.4) is 0 Å². The molecule has 0 radical (unpaired) electrons. The van der Waals surface area contributed by atoms with E-state index in [0.717, 1.165) is 17.3 Å². The Kier molecular flexibility index (Phi) is 9.16. The van der Waals surface area contributed by atoms with Crippen LogP contribution in [0.5, 0.6) is 0 Å². The number of H-pyrrole nitrogens is 1. The van der Waals surface area contributed by atoms with Gasteiger partial charge in [-0.25, -0.2) is 13.6 Å². The van der Waals surface area contributed by atoms with Gasteiger partial charge in [0.25, 0.3) is 11.8 Å². The maximum atomic E-state index is 16.1. The van der Waals surface area contributed by atoms with Crippen LogP contribution >= 0.6 is 0 Å². The van der Waals surface area contributed by atoms with Gasteiger partial charge in [-0.15, -0.1) is 0 Å². The molecule has 242 valence electrons. The Morgan fingerprint density at radius 2 is 1.85 bits per heavy atom. The summed E-state index contributed by atoms with van der Waals surface area (Å²) in [7, 11) is 0. The van der Waals surface area contributed by atoms with Crippen LogP contribution in [0, 0.1) is 24.5 Å². The quantitative estimate of drug-likeness (QED) is 0.147. The van der Waals surface area contributed by atoms with E-state index in [-0.39, 0.29) is 28.2 Å². The van der Waals surface area contributed by atoms with Gasteiger partial charge in [0.2, 0.25) is 0 Å². The van der Waals surface area contributed by atoms with Gasteiger partial charge in [-0.05, 0) is 93.3 Å². The zero-order valence-corrected chi connectivity index (χ0v) is 26.3. The van der Waals surface area contributed by atoms with Gasteiger partial charge in [0.05, 0.1) is 16.7 Å². The summed E-state index contributed by atoms with van der Waals surface area (Å²) in [5.74, 6) is -2.81. The van der Waals surface area contributed by atoms with Crippen molar-refractivity contribution in [2.45, 2.75) is 65.6 Å². The van der Waals surface area contributed by atoms with Crippen molar-refractivity contribution in [1.29, 1.82) is 0 Å². The standard InChI is InChI=1S/C35H38F2N4O5/c1-5-14-39-34(44)46-17-24-21(9-6-10-25(24)36)33(43)41-27-11-7-8-20(18(27)2)29-26(37)16-23(32(38)42)31-30(29)22-13-12-19(35(3,4)45)15-28(22)40-31/h6-11,16,19,40,45H,5,12-15,17H2,1-4H3,(H2,38,42)(H,39,44)(H,41,43)/t19-/m0/s1. The van der Waals surface area contributed by atoms with E-state index in [9.17, 15) is 23.9 Å². The normalized spacial score (nSPS) is 14.5. The number of primary amides is 1. The molecule has 0 fully saturated rings. The summed E-state index contributed by atoms with van der Waals surface area (Å²) < 4.78 is 36.0. The minimum Gasteiger partial charge on any atom is -0.445 e. The number of halogens is 2. The number of hydrogen-bond donors (Lipinski definition) is 5. The second-order valence-electron chi connectivity index (χ2n) is 12.3. The number of aromatic nitrogens is 1. The molecule has 11 heteroatoms. The maximum Gasteiger partial charge on any atom is 0.407 e. The number of carbonyl (C=O) groups excluding carboxylic acids is 3. The van der Waals surface area contributed by atoms with Crippen LogP contribution in [0.15, 0.2) is 42.5 Å². The number of carbonyl (C=O) groups is 3. The van der Waals surface area contributed by atoms with Crippen LogP contribution in [-0.2, 0) is 24.2 Å². The number of nitrogens with two attached hydrogens (primary N) is 1. The van der Waals surface area contributed by atoms with E-state index < -0.39 is 41.7 Å². The van der Waals surface area contributed by atoms with Crippen molar-refractivity contribution in [3.63, 3.8) is 0 Å². The number of alkyl carbamates (subject to hydrolysis) is 1. The van der Waals surface area contributed by atoms with E-state index in [1.165, 1.54) is 18.2 Å². The van der Waals surface area contributed by atoms with Crippen LogP contribution < -0.4 is 16.4 Å². The monoisotopic (exact) mass is 632 g/mol. The molecular weight excluding hydrogens is 594 g/mol. The van der Waals surface area contributed by atoms with Crippen molar-refractivity contribution in [3.05, 3.63) is 87.6 Å².